The van der Waals surface area contributed by atoms with Crippen molar-refractivity contribution < 1.29 is 4.79 Å². The fourth-order valence-electron chi connectivity index (χ4n) is 1.65. The summed E-state index contributed by atoms with van der Waals surface area (Å²) >= 11 is 0. The third kappa shape index (κ3) is 3.69. The fourth-order valence-corrected chi connectivity index (χ4v) is 1.65. The van der Waals surface area contributed by atoms with Crippen LogP contribution in [-0.4, -0.2) is 12.5 Å². The van der Waals surface area contributed by atoms with E-state index in [9.17, 15) is 4.79 Å². The predicted octanol–water partition coefficient (Wildman–Crippen LogP) is 2.95. The molecule has 16 heavy (non-hydrogen) atoms. The Labute approximate surface area is 98.1 Å². The molecule has 1 N–H and O–H groups in total. The van der Waals surface area contributed by atoms with Gasteiger partial charge >= 0.3 is 0 Å². The molecule has 0 saturated heterocycles. The molecule has 0 fully saturated rings. The van der Waals surface area contributed by atoms with Crippen molar-refractivity contribution in [2.45, 2.75) is 33.1 Å². The molecule has 0 bridgehead atoms. The molecule has 1 aromatic carbocycles. The first kappa shape index (κ1) is 12.8. The molecule has 1 aromatic rings. The lowest BCUT2D eigenvalue weighted by molar-refractivity contribution is -0.124. The molecule has 0 unspecified atom stereocenters. The Balaban J connectivity index is 2.54. The van der Waals surface area contributed by atoms with E-state index in [0.29, 0.717) is 5.92 Å². The highest BCUT2D eigenvalue weighted by Crippen LogP contribution is 2.17. The van der Waals surface area contributed by atoms with Crippen molar-refractivity contribution in [2.24, 2.45) is 5.92 Å². The lowest BCUT2D eigenvalue weighted by Gasteiger charge is -2.17. The first-order valence-corrected chi connectivity index (χ1v) is 5.97. The summed E-state index contributed by atoms with van der Waals surface area (Å²) in [4.78, 5) is 11.5. The highest BCUT2D eigenvalue weighted by atomic mass is 16.1. The Morgan fingerprint density at radius 3 is 2.38 bits per heavy atom. The molecule has 1 amide bonds. The molecule has 88 valence electrons. The third-order valence-corrected chi connectivity index (χ3v) is 2.81. The normalized spacial score (nSPS) is 12.5. The Kier molecular flexibility index (Phi) is 5.03. The number of hydrogen-bond acceptors (Lipinski definition) is 1. The second-order valence-electron chi connectivity index (χ2n) is 4.42. The van der Waals surface area contributed by atoms with E-state index in [1.165, 1.54) is 5.56 Å². The van der Waals surface area contributed by atoms with Crippen molar-refractivity contribution in [3.8, 4) is 0 Å². The summed E-state index contributed by atoms with van der Waals surface area (Å²) in [5.74, 6) is 0.617. The van der Waals surface area contributed by atoms with Crippen LogP contribution in [0.5, 0.6) is 0 Å². The first-order chi connectivity index (χ1) is 7.65. The van der Waals surface area contributed by atoms with Gasteiger partial charge in [-0.2, -0.15) is 0 Å². The maximum absolute atomic E-state index is 11.5. The van der Waals surface area contributed by atoms with E-state index in [1.54, 1.807) is 0 Å². The van der Waals surface area contributed by atoms with Crippen molar-refractivity contribution in [2.75, 3.05) is 6.54 Å². The van der Waals surface area contributed by atoms with Gasteiger partial charge in [0.15, 0.2) is 0 Å². The van der Waals surface area contributed by atoms with E-state index in [4.69, 9.17) is 0 Å². The molecule has 0 aromatic heterocycles. The van der Waals surface area contributed by atoms with Crippen LogP contribution >= 0.6 is 0 Å². The maximum Gasteiger partial charge on any atom is 0.222 e. The van der Waals surface area contributed by atoms with E-state index in [2.05, 4.69) is 24.4 Å². The Morgan fingerprint density at radius 1 is 1.25 bits per heavy atom. The van der Waals surface area contributed by atoms with Gasteiger partial charge in [-0.15, -0.1) is 0 Å². The molecule has 1 atom stereocenters. The zero-order valence-electron chi connectivity index (χ0n) is 10.4. The number of benzene rings is 1. The number of nitrogens with one attached hydrogen (secondary N) is 1. The molecule has 0 saturated carbocycles. The van der Waals surface area contributed by atoms with Crippen molar-refractivity contribution in [3.63, 3.8) is 0 Å². The Morgan fingerprint density at radius 2 is 1.88 bits per heavy atom. The smallest absolute Gasteiger partial charge is 0.222 e. The van der Waals surface area contributed by atoms with Crippen LogP contribution < -0.4 is 5.32 Å². The summed E-state index contributed by atoms with van der Waals surface area (Å²) in [7, 11) is 0. The quantitative estimate of drug-likeness (QED) is 0.810. The fraction of sp³-hybridized carbons (Fsp3) is 0.500. The van der Waals surface area contributed by atoms with Crippen LogP contribution in [0.15, 0.2) is 30.3 Å². The first-order valence-electron chi connectivity index (χ1n) is 5.97. The summed E-state index contributed by atoms with van der Waals surface area (Å²) in [6.45, 7) is 6.72. The third-order valence-electron chi connectivity index (χ3n) is 2.81. The Bertz CT molecular complexity index is 319. The summed E-state index contributed by atoms with van der Waals surface area (Å²) in [6, 6.07) is 10.3. The van der Waals surface area contributed by atoms with Gasteiger partial charge < -0.3 is 5.32 Å². The van der Waals surface area contributed by atoms with Crippen molar-refractivity contribution in [3.05, 3.63) is 35.9 Å². The van der Waals surface area contributed by atoms with Crippen molar-refractivity contribution in [1.82, 2.24) is 5.32 Å². The summed E-state index contributed by atoms with van der Waals surface area (Å²) in [6.07, 6.45) is 1.04. The van der Waals surface area contributed by atoms with E-state index in [-0.39, 0.29) is 11.8 Å². The number of carbonyl (C=O) groups is 1. The van der Waals surface area contributed by atoms with Crippen molar-refractivity contribution in [1.29, 1.82) is 0 Å². The number of hydrogen-bond donors (Lipinski definition) is 1. The van der Waals surface area contributed by atoms with Crippen LogP contribution in [0.2, 0.25) is 0 Å². The average Bonchev–Trinajstić information content (AvgIpc) is 2.30. The van der Waals surface area contributed by atoms with Gasteiger partial charge in [0, 0.05) is 18.4 Å². The number of amides is 1. The van der Waals surface area contributed by atoms with Crippen LogP contribution in [0.1, 0.15) is 38.7 Å². The van der Waals surface area contributed by atoms with Gasteiger partial charge in [-0.3, -0.25) is 4.79 Å². The predicted molar refractivity (Wildman–Crippen MR) is 67.3 cm³/mol. The highest BCUT2D eigenvalue weighted by molar-refractivity contribution is 5.77. The molecule has 0 spiro atoms. The molecule has 0 aliphatic rings. The van der Waals surface area contributed by atoms with E-state index >= 15 is 0 Å². The zero-order chi connectivity index (χ0) is 12.0. The van der Waals surface area contributed by atoms with Gasteiger partial charge in [-0.1, -0.05) is 51.1 Å². The number of carbonyl (C=O) groups excluding carboxylic acids is 1. The highest BCUT2D eigenvalue weighted by Gasteiger charge is 2.12. The van der Waals surface area contributed by atoms with Gasteiger partial charge in [-0.25, -0.2) is 0 Å². The molecule has 0 aliphatic carbocycles. The van der Waals surface area contributed by atoms with E-state index in [0.717, 1.165) is 13.0 Å². The average molecular weight is 219 g/mol. The van der Waals surface area contributed by atoms with Gasteiger partial charge in [0.05, 0.1) is 0 Å². The van der Waals surface area contributed by atoms with Crippen LogP contribution in [0.3, 0.4) is 0 Å². The van der Waals surface area contributed by atoms with Crippen LogP contribution in [-0.2, 0) is 4.79 Å². The SMILES string of the molecule is CC[C@H](CNC(=O)C(C)C)c1ccccc1. The molecule has 0 radical (unpaired) electrons. The van der Waals surface area contributed by atoms with Crippen LogP contribution in [0.25, 0.3) is 0 Å². The van der Waals surface area contributed by atoms with Crippen molar-refractivity contribution >= 4 is 5.91 Å². The van der Waals surface area contributed by atoms with Gasteiger partial charge in [-0.05, 0) is 12.0 Å². The molecular formula is C14H21NO. The van der Waals surface area contributed by atoms with Gasteiger partial charge in [0.2, 0.25) is 5.91 Å². The standard InChI is InChI=1S/C14H21NO/c1-4-12(10-15-14(16)11(2)3)13-8-6-5-7-9-13/h5-9,11-12H,4,10H2,1-3H3,(H,15,16)/t12-/m1/s1. The number of rotatable bonds is 5. The monoisotopic (exact) mass is 219 g/mol. The second-order valence-corrected chi connectivity index (χ2v) is 4.42. The van der Waals surface area contributed by atoms with Crippen LogP contribution in [0.4, 0.5) is 0 Å². The molecule has 1 rings (SSSR count). The molecule has 0 heterocycles. The lowest BCUT2D eigenvalue weighted by atomic mass is 9.96. The van der Waals surface area contributed by atoms with E-state index < -0.39 is 0 Å². The minimum atomic E-state index is 0.0632. The summed E-state index contributed by atoms with van der Waals surface area (Å²) in [5.41, 5.74) is 1.30. The van der Waals surface area contributed by atoms with Gasteiger partial charge in [0.1, 0.15) is 0 Å². The molecular weight excluding hydrogens is 198 g/mol. The molecule has 2 nitrogen and oxygen atoms in total. The Hall–Kier alpha value is -1.31. The minimum Gasteiger partial charge on any atom is -0.355 e. The molecule has 2 heteroatoms. The zero-order valence-corrected chi connectivity index (χ0v) is 10.4. The van der Waals surface area contributed by atoms with Gasteiger partial charge in [0.25, 0.3) is 0 Å². The summed E-state index contributed by atoms with van der Waals surface area (Å²) in [5, 5.41) is 2.99. The second kappa shape index (κ2) is 6.31. The minimum absolute atomic E-state index is 0.0632. The topological polar surface area (TPSA) is 29.1 Å². The van der Waals surface area contributed by atoms with E-state index in [1.807, 2.05) is 32.0 Å². The lowest BCUT2D eigenvalue weighted by Crippen LogP contribution is -2.31. The summed E-state index contributed by atoms with van der Waals surface area (Å²) < 4.78 is 0. The maximum atomic E-state index is 11.5. The van der Waals surface area contributed by atoms with Crippen LogP contribution in [0, 0.1) is 5.92 Å². The molecule has 0 aliphatic heterocycles. The largest absolute Gasteiger partial charge is 0.355 e.